The molecule has 1 aliphatic carbocycles. The predicted molar refractivity (Wildman–Crippen MR) is 83.3 cm³/mol. The van der Waals surface area contributed by atoms with Gasteiger partial charge in [0.05, 0.1) is 0 Å². The summed E-state index contributed by atoms with van der Waals surface area (Å²) in [5.41, 5.74) is 8.82. The van der Waals surface area contributed by atoms with E-state index in [2.05, 4.69) is 45.1 Å². The Morgan fingerprint density at radius 1 is 1.21 bits per heavy atom. The molecular weight excluding hydrogens is 232 g/mol. The molecule has 106 valence electrons. The van der Waals surface area contributed by atoms with Gasteiger partial charge in [-0.1, -0.05) is 39.8 Å². The van der Waals surface area contributed by atoms with Gasteiger partial charge in [-0.25, -0.2) is 0 Å². The minimum absolute atomic E-state index is 0.380. The van der Waals surface area contributed by atoms with Crippen LogP contribution in [0.3, 0.4) is 0 Å². The van der Waals surface area contributed by atoms with Gasteiger partial charge >= 0.3 is 0 Å². The van der Waals surface area contributed by atoms with Gasteiger partial charge in [-0.2, -0.15) is 0 Å². The third-order valence-electron chi connectivity index (χ3n) is 4.77. The van der Waals surface area contributed by atoms with Crippen LogP contribution in [0.2, 0.25) is 0 Å². The second-order valence-corrected chi connectivity index (χ2v) is 7.30. The van der Waals surface area contributed by atoms with E-state index in [1.165, 1.54) is 18.4 Å². The number of anilines is 1. The minimum atomic E-state index is 0.380. The molecule has 0 aliphatic heterocycles. The lowest BCUT2D eigenvalue weighted by molar-refractivity contribution is 0.251. The maximum absolute atomic E-state index is 5.76. The molecule has 0 bridgehead atoms. The molecule has 2 rings (SSSR count). The lowest BCUT2D eigenvalue weighted by Crippen LogP contribution is -2.34. The Hall–Kier alpha value is -1.02. The van der Waals surface area contributed by atoms with Gasteiger partial charge in [-0.05, 0) is 48.4 Å². The summed E-state index contributed by atoms with van der Waals surface area (Å²) in [5.74, 6) is 0.690. The SMILES string of the molecule is CC(CNCC1(c2ccc(N)cc2)CC1)C(C)(C)C. The summed E-state index contributed by atoms with van der Waals surface area (Å²) in [7, 11) is 0. The molecule has 1 atom stereocenters. The lowest BCUT2D eigenvalue weighted by Gasteiger charge is -2.28. The first kappa shape index (κ1) is 14.4. The largest absolute Gasteiger partial charge is 0.399 e. The maximum Gasteiger partial charge on any atom is 0.0314 e. The van der Waals surface area contributed by atoms with Gasteiger partial charge in [0.15, 0.2) is 0 Å². The van der Waals surface area contributed by atoms with Crippen LogP contribution in [0.15, 0.2) is 24.3 Å². The first-order valence-electron chi connectivity index (χ1n) is 7.40. The molecule has 2 nitrogen and oxygen atoms in total. The van der Waals surface area contributed by atoms with Crippen LogP contribution < -0.4 is 11.1 Å². The summed E-state index contributed by atoms with van der Waals surface area (Å²) < 4.78 is 0. The molecule has 0 saturated heterocycles. The number of nitrogens with two attached hydrogens (primary N) is 1. The molecule has 1 saturated carbocycles. The molecule has 1 unspecified atom stereocenters. The fraction of sp³-hybridized carbons (Fsp3) is 0.647. The van der Waals surface area contributed by atoms with Gasteiger partial charge < -0.3 is 11.1 Å². The van der Waals surface area contributed by atoms with Crippen molar-refractivity contribution in [1.82, 2.24) is 5.32 Å². The zero-order valence-corrected chi connectivity index (χ0v) is 12.8. The van der Waals surface area contributed by atoms with E-state index in [0.29, 0.717) is 16.7 Å². The van der Waals surface area contributed by atoms with Crippen LogP contribution in [0.25, 0.3) is 0 Å². The topological polar surface area (TPSA) is 38.0 Å². The Labute approximate surface area is 117 Å². The smallest absolute Gasteiger partial charge is 0.0314 e. The molecule has 1 aliphatic rings. The van der Waals surface area contributed by atoms with E-state index < -0.39 is 0 Å². The average Bonchev–Trinajstić information content (AvgIpc) is 3.09. The Balaban J connectivity index is 1.88. The summed E-state index contributed by atoms with van der Waals surface area (Å²) >= 11 is 0. The van der Waals surface area contributed by atoms with Gasteiger partial charge in [0, 0.05) is 17.6 Å². The van der Waals surface area contributed by atoms with Crippen molar-refractivity contribution in [3.8, 4) is 0 Å². The van der Waals surface area contributed by atoms with Crippen molar-refractivity contribution in [3.63, 3.8) is 0 Å². The molecule has 0 radical (unpaired) electrons. The number of hydrogen-bond donors (Lipinski definition) is 2. The molecule has 0 heterocycles. The van der Waals surface area contributed by atoms with Gasteiger partial charge in [0.2, 0.25) is 0 Å². The molecule has 1 fully saturated rings. The highest BCUT2D eigenvalue weighted by atomic mass is 14.9. The van der Waals surface area contributed by atoms with Crippen molar-refractivity contribution in [3.05, 3.63) is 29.8 Å². The Morgan fingerprint density at radius 3 is 2.26 bits per heavy atom. The maximum atomic E-state index is 5.76. The van der Waals surface area contributed by atoms with Crippen LogP contribution in [0.5, 0.6) is 0 Å². The first-order valence-corrected chi connectivity index (χ1v) is 7.40. The molecule has 0 aromatic heterocycles. The highest BCUT2D eigenvalue weighted by Gasteiger charge is 2.43. The van der Waals surface area contributed by atoms with Crippen LogP contribution in [0, 0.1) is 11.3 Å². The van der Waals surface area contributed by atoms with Crippen molar-refractivity contribution in [2.75, 3.05) is 18.8 Å². The van der Waals surface area contributed by atoms with E-state index in [4.69, 9.17) is 5.73 Å². The number of hydrogen-bond acceptors (Lipinski definition) is 2. The highest BCUT2D eigenvalue weighted by Crippen LogP contribution is 2.47. The van der Waals surface area contributed by atoms with Gasteiger partial charge in [0.1, 0.15) is 0 Å². The van der Waals surface area contributed by atoms with E-state index in [9.17, 15) is 0 Å². The quantitative estimate of drug-likeness (QED) is 0.794. The summed E-state index contributed by atoms with van der Waals surface area (Å²) in [6.07, 6.45) is 2.60. The van der Waals surface area contributed by atoms with Gasteiger partial charge in [-0.15, -0.1) is 0 Å². The van der Waals surface area contributed by atoms with E-state index >= 15 is 0 Å². The fourth-order valence-electron chi connectivity index (χ4n) is 2.39. The molecule has 1 aromatic rings. The van der Waals surface area contributed by atoms with Crippen molar-refractivity contribution >= 4 is 5.69 Å². The Kier molecular flexibility index (Phi) is 3.91. The normalized spacial score (nSPS) is 19.2. The minimum Gasteiger partial charge on any atom is -0.399 e. The zero-order chi connectivity index (χ0) is 14.1. The molecule has 1 aromatic carbocycles. The van der Waals surface area contributed by atoms with E-state index in [1.54, 1.807) is 0 Å². The molecule has 2 heteroatoms. The van der Waals surface area contributed by atoms with Crippen molar-refractivity contribution < 1.29 is 0 Å². The van der Waals surface area contributed by atoms with Crippen molar-refractivity contribution in [2.45, 2.75) is 46.0 Å². The second-order valence-electron chi connectivity index (χ2n) is 7.30. The standard InChI is InChI=1S/C17H28N2/c1-13(16(2,3)4)11-19-12-17(9-10-17)14-5-7-15(18)8-6-14/h5-8,13,19H,9-12,18H2,1-4H3. The molecular formula is C17H28N2. The molecule has 0 spiro atoms. The van der Waals surface area contributed by atoms with E-state index in [-0.39, 0.29) is 0 Å². The third-order valence-corrected chi connectivity index (χ3v) is 4.77. The van der Waals surface area contributed by atoms with Crippen LogP contribution in [0.1, 0.15) is 46.1 Å². The highest BCUT2D eigenvalue weighted by molar-refractivity contribution is 5.43. The van der Waals surface area contributed by atoms with Crippen LogP contribution in [-0.4, -0.2) is 13.1 Å². The van der Waals surface area contributed by atoms with Crippen LogP contribution in [-0.2, 0) is 5.41 Å². The zero-order valence-electron chi connectivity index (χ0n) is 12.8. The van der Waals surface area contributed by atoms with Crippen molar-refractivity contribution in [1.29, 1.82) is 0 Å². The van der Waals surface area contributed by atoms with E-state index in [1.807, 2.05) is 12.1 Å². The van der Waals surface area contributed by atoms with Gasteiger partial charge in [0.25, 0.3) is 0 Å². The van der Waals surface area contributed by atoms with Gasteiger partial charge in [-0.3, -0.25) is 0 Å². The lowest BCUT2D eigenvalue weighted by atomic mass is 9.82. The van der Waals surface area contributed by atoms with Crippen LogP contribution in [0.4, 0.5) is 5.69 Å². The average molecular weight is 260 g/mol. The first-order chi connectivity index (χ1) is 8.83. The van der Waals surface area contributed by atoms with Crippen LogP contribution >= 0.6 is 0 Å². The van der Waals surface area contributed by atoms with Crippen molar-refractivity contribution in [2.24, 2.45) is 11.3 Å². The summed E-state index contributed by atoms with van der Waals surface area (Å²) in [6, 6.07) is 8.43. The predicted octanol–water partition coefficient (Wildman–Crippen LogP) is 3.57. The monoisotopic (exact) mass is 260 g/mol. The van der Waals surface area contributed by atoms with E-state index in [0.717, 1.165) is 18.8 Å². The molecule has 0 amide bonds. The number of rotatable bonds is 5. The fourth-order valence-corrected chi connectivity index (χ4v) is 2.39. The number of benzene rings is 1. The summed E-state index contributed by atoms with van der Waals surface area (Å²) in [4.78, 5) is 0. The number of nitrogen functional groups attached to an aromatic ring is 1. The summed E-state index contributed by atoms with van der Waals surface area (Å²) in [5, 5.41) is 3.68. The summed E-state index contributed by atoms with van der Waals surface area (Å²) in [6.45, 7) is 11.5. The molecule has 3 N–H and O–H groups in total. The molecule has 19 heavy (non-hydrogen) atoms. The second kappa shape index (κ2) is 5.16. The third kappa shape index (κ3) is 3.50. The Morgan fingerprint density at radius 2 is 1.79 bits per heavy atom. The Bertz CT molecular complexity index is 410. The number of nitrogens with one attached hydrogen (secondary N) is 1.